The predicted octanol–water partition coefficient (Wildman–Crippen LogP) is 2.79. The molecule has 0 saturated carbocycles. The number of carbonyl (C=O) groups excluding carboxylic acids is 1. The highest BCUT2D eigenvalue weighted by atomic mass is 32.2. The summed E-state index contributed by atoms with van der Waals surface area (Å²) in [6.45, 7) is 0. The molecule has 2 aromatic rings. The summed E-state index contributed by atoms with van der Waals surface area (Å²) in [5, 5.41) is -0.768. The fourth-order valence-corrected chi connectivity index (χ4v) is 4.40. The monoisotopic (exact) mass is 272 g/mol. The summed E-state index contributed by atoms with van der Waals surface area (Å²) in [4.78, 5) is 12.2. The van der Waals surface area contributed by atoms with Crippen molar-refractivity contribution >= 4 is 15.6 Å². The fourth-order valence-electron chi connectivity index (χ4n) is 2.45. The molecule has 0 radical (unpaired) electrons. The molecule has 1 unspecified atom stereocenters. The molecule has 0 N–H and O–H groups in total. The molecular weight excluding hydrogens is 260 g/mol. The fraction of sp³-hybridized carbons (Fsp3) is 0.133. The molecule has 0 amide bonds. The van der Waals surface area contributed by atoms with Gasteiger partial charge in [0.15, 0.2) is 15.6 Å². The largest absolute Gasteiger partial charge is 0.294 e. The van der Waals surface area contributed by atoms with E-state index < -0.39 is 15.1 Å². The molecule has 1 aliphatic rings. The second-order valence-electron chi connectivity index (χ2n) is 4.57. The highest BCUT2D eigenvalue weighted by Gasteiger charge is 2.38. The maximum atomic E-state index is 12.6. The van der Waals surface area contributed by atoms with Gasteiger partial charge in [0.1, 0.15) is 0 Å². The Labute approximate surface area is 111 Å². The number of rotatable bonds is 1. The lowest BCUT2D eigenvalue weighted by molar-refractivity contribution is 0.0974. The van der Waals surface area contributed by atoms with Crippen LogP contribution in [-0.4, -0.2) is 14.2 Å². The van der Waals surface area contributed by atoms with Crippen LogP contribution in [0.2, 0.25) is 0 Å². The van der Waals surface area contributed by atoms with Crippen LogP contribution in [0.4, 0.5) is 0 Å². The minimum Gasteiger partial charge on any atom is -0.294 e. The van der Waals surface area contributed by atoms with E-state index in [0.717, 1.165) is 0 Å². The molecule has 1 atom stereocenters. The third-order valence-electron chi connectivity index (χ3n) is 3.41. The van der Waals surface area contributed by atoms with Crippen molar-refractivity contribution in [1.82, 2.24) is 0 Å². The summed E-state index contributed by atoms with van der Waals surface area (Å²) < 4.78 is 25.2. The van der Waals surface area contributed by atoms with Crippen molar-refractivity contribution in [2.45, 2.75) is 16.6 Å². The molecule has 3 rings (SSSR count). The third kappa shape index (κ3) is 1.88. The van der Waals surface area contributed by atoms with Crippen molar-refractivity contribution in [3.63, 3.8) is 0 Å². The van der Waals surface area contributed by atoms with Crippen LogP contribution >= 0.6 is 0 Å². The normalized spacial score (nSPS) is 20.8. The van der Waals surface area contributed by atoms with Crippen molar-refractivity contribution < 1.29 is 13.2 Å². The summed E-state index contributed by atoms with van der Waals surface area (Å²) in [7, 11) is -3.49. The van der Waals surface area contributed by atoms with E-state index in [0.29, 0.717) is 11.1 Å². The summed E-state index contributed by atoms with van der Waals surface area (Å²) in [6.07, 6.45) is 0.0172. The maximum absolute atomic E-state index is 12.6. The van der Waals surface area contributed by atoms with Crippen LogP contribution in [0.3, 0.4) is 0 Å². The van der Waals surface area contributed by atoms with E-state index in [1.165, 1.54) is 6.07 Å². The van der Waals surface area contributed by atoms with E-state index in [2.05, 4.69) is 0 Å². The first-order valence-corrected chi connectivity index (χ1v) is 7.56. The predicted molar refractivity (Wildman–Crippen MR) is 71.8 cm³/mol. The molecule has 1 aliphatic heterocycles. The van der Waals surface area contributed by atoms with Crippen molar-refractivity contribution in [3.8, 4) is 0 Å². The van der Waals surface area contributed by atoms with Crippen LogP contribution in [0.1, 0.15) is 27.6 Å². The second kappa shape index (κ2) is 4.31. The van der Waals surface area contributed by atoms with Gasteiger partial charge < -0.3 is 0 Å². The van der Waals surface area contributed by atoms with E-state index in [9.17, 15) is 13.2 Å². The Morgan fingerprint density at radius 3 is 2.26 bits per heavy atom. The average Bonchev–Trinajstić information content (AvgIpc) is 2.44. The standard InChI is InChI=1S/C15H12O3S/c16-13-10-15(11-6-2-1-3-7-11)19(17,18)14-9-5-4-8-12(13)14/h1-9,15H,10H2. The van der Waals surface area contributed by atoms with Gasteiger partial charge in [-0.25, -0.2) is 8.42 Å². The van der Waals surface area contributed by atoms with Crippen LogP contribution in [0.15, 0.2) is 59.5 Å². The van der Waals surface area contributed by atoms with Gasteiger partial charge >= 0.3 is 0 Å². The van der Waals surface area contributed by atoms with Gasteiger partial charge in [-0.2, -0.15) is 0 Å². The second-order valence-corrected chi connectivity index (χ2v) is 6.67. The zero-order valence-electron chi connectivity index (χ0n) is 10.1. The molecule has 0 aliphatic carbocycles. The van der Waals surface area contributed by atoms with Crippen molar-refractivity contribution in [1.29, 1.82) is 0 Å². The molecule has 0 saturated heterocycles. The summed E-state index contributed by atoms with van der Waals surface area (Å²) in [5.74, 6) is -0.112. The van der Waals surface area contributed by atoms with Gasteiger partial charge in [-0.3, -0.25) is 4.79 Å². The number of ketones is 1. The molecule has 3 nitrogen and oxygen atoms in total. The highest BCUT2D eigenvalue weighted by molar-refractivity contribution is 7.92. The van der Waals surface area contributed by atoms with E-state index in [-0.39, 0.29) is 17.1 Å². The lowest BCUT2D eigenvalue weighted by Gasteiger charge is -2.24. The minimum absolute atomic E-state index is 0.0172. The molecule has 4 heteroatoms. The number of hydrogen-bond acceptors (Lipinski definition) is 3. The number of benzene rings is 2. The van der Waals surface area contributed by atoms with E-state index in [1.54, 1.807) is 42.5 Å². The lowest BCUT2D eigenvalue weighted by atomic mass is 10.0. The Bertz CT molecular complexity index is 733. The maximum Gasteiger partial charge on any atom is 0.186 e. The highest BCUT2D eigenvalue weighted by Crippen LogP contribution is 2.38. The van der Waals surface area contributed by atoms with E-state index in [1.807, 2.05) is 6.07 Å². The zero-order valence-corrected chi connectivity index (χ0v) is 10.9. The summed E-state index contributed by atoms with van der Waals surface area (Å²) >= 11 is 0. The van der Waals surface area contributed by atoms with Crippen LogP contribution in [-0.2, 0) is 9.84 Å². The van der Waals surface area contributed by atoms with E-state index in [4.69, 9.17) is 0 Å². The van der Waals surface area contributed by atoms with Gasteiger partial charge in [-0.05, 0) is 11.6 Å². The number of Topliss-reactive ketones (excluding diaryl/α,β-unsaturated/α-hetero) is 1. The Morgan fingerprint density at radius 2 is 1.53 bits per heavy atom. The molecule has 1 heterocycles. The van der Waals surface area contributed by atoms with Crippen molar-refractivity contribution in [2.24, 2.45) is 0 Å². The molecule has 0 bridgehead atoms. The quantitative estimate of drug-likeness (QED) is 0.802. The first kappa shape index (κ1) is 12.1. The average molecular weight is 272 g/mol. The molecule has 19 heavy (non-hydrogen) atoms. The van der Waals surface area contributed by atoms with Gasteiger partial charge in [0, 0.05) is 12.0 Å². The molecule has 2 aromatic carbocycles. The molecule has 0 aromatic heterocycles. The first-order valence-electron chi connectivity index (χ1n) is 6.02. The van der Waals surface area contributed by atoms with Gasteiger partial charge in [0.05, 0.1) is 10.1 Å². The van der Waals surface area contributed by atoms with Gasteiger partial charge in [0.25, 0.3) is 0 Å². The van der Waals surface area contributed by atoms with Crippen LogP contribution in [0, 0.1) is 0 Å². The Morgan fingerprint density at radius 1 is 0.895 bits per heavy atom. The number of sulfone groups is 1. The Kier molecular flexibility index (Phi) is 2.75. The summed E-state index contributed by atoms with van der Waals surface area (Å²) in [5.41, 5.74) is 0.986. The molecular formula is C15H12O3S. The topological polar surface area (TPSA) is 51.2 Å². The SMILES string of the molecule is O=C1CC(c2ccccc2)S(=O)(=O)c2ccccc21. The Hall–Kier alpha value is -1.94. The lowest BCUT2D eigenvalue weighted by Crippen LogP contribution is -2.25. The smallest absolute Gasteiger partial charge is 0.186 e. The number of hydrogen-bond donors (Lipinski definition) is 0. The van der Waals surface area contributed by atoms with E-state index >= 15 is 0 Å². The van der Waals surface area contributed by atoms with Crippen LogP contribution in [0.5, 0.6) is 0 Å². The number of carbonyl (C=O) groups is 1. The summed E-state index contributed by atoms with van der Waals surface area (Å²) in [6, 6.07) is 15.3. The third-order valence-corrected chi connectivity index (χ3v) is 5.57. The van der Waals surface area contributed by atoms with Crippen LogP contribution in [0.25, 0.3) is 0 Å². The first-order chi connectivity index (χ1) is 9.10. The zero-order chi connectivity index (χ0) is 13.5. The van der Waals surface area contributed by atoms with Gasteiger partial charge in [-0.15, -0.1) is 0 Å². The molecule has 0 spiro atoms. The van der Waals surface area contributed by atoms with Crippen molar-refractivity contribution in [2.75, 3.05) is 0 Å². The van der Waals surface area contributed by atoms with Crippen LogP contribution < -0.4 is 0 Å². The molecule has 0 fully saturated rings. The van der Waals surface area contributed by atoms with Gasteiger partial charge in [0.2, 0.25) is 0 Å². The van der Waals surface area contributed by atoms with Crippen molar-refractivity contribution in [3.05, 3.63) is 65.7 Å². The van der Waals surface area contributed by atoms with Gasteiger partial charge in [-0.1, -0.05) is 48.5 Å². The molecule has 96 valence electrons. The minimum atomic E-state index is -3.49. The Balaban J connectivity index is 2.20. The number of fused-ring (bicyclic) bond motifs is 1.